The number of H-pyrrole nitrogens is 2. The Balaban J connectivity index is 1.30. The molecule has 1 saturated carbocycles. The number of hydrogen-bond acceptors (Lipinski definition) is 9. The van der Waals surface area contributed by atoms with Gasteiger partial charge in [-0.1, -0.05) is 6.92 Å². The van der Waals surface area contributed by atoms with Crippen LogP contribution in [0, 0.1) is 0 Å². The van der Waals surface area contributed by atoms with E-state index in [4.69, 9.17) is 15.0 Å². The highest BCUT2D eigenvalue weighted by Crippen LogP contribution is 2.23. The minimum absolute atomic E-state index is 0.000817. The van der Waals surface area contributed by atoms with Crippen molar-refractivity contribution in [3.05, 3.63) is 63.3 Å². The van der Waals surface area contributed by atoms with Crippen molar-refractivity contribution >= 4 is 28.7 Å². The molecule has 0 bridgehead atoms. The predicted octanol–water partition coefficient (Wildman–Crippen LogP) is -0.426. The average molecular weight is 542 g/mol. The first-order valence-corrected chi connectivity index (χ1v) is 13.3. The molecule has 1 aliphatic heterocycles. The number of likely N-dealkylation sites (N-methyl/N-ethyl adjacent to an activating group) is 1. The van der Waals surface area contributed by atoms with Crippen LogP contribution < -0.4 is 16.5 Å². The van der Waals surface area contributed by atoms with Gasteiger partial charge in [-0.3, -0.25) is 14.3 Å². The van der Waals surface area contributed by atoms with Crippen LogP contribution in [0.1, 0.15) is 35.8 Å². The summed E-state index contributed by atoms with van der Waals surface area (Å²) >= 11 is 0. The third-order valence-electron chi connectivity index (χ3n) is 7.36. The largest absolute Gasteiger partial charge is 0.493 e. The van der Waals surface area contributed by atoms with Gasteiger partial charge in [0.15, 0.2) is 5.65 Å². The second kappa shape index (κ2) is 9.41. The molecule has 5 aromatic rings. The van der Waals surface area contributed by atoms with Crippen molar-refractivity contribution in [2.45, 2.75) is 25.8 Å². The van der Waals surface area contributed by atoms with E-state index in [1.165, 1.54) is 0 Å². The number of rotatable bonds is 5. The number of aromatic amines is 2. The van der Waals surface area contributed by atoms with Gasteiger partial charge >= 0.3 is 5.69 Å². The second-order valence-electron chi connectivity index (χ2n) is 10.0. The number of hydrogen-bond donors (Lipinski definition) is 3. The Morgan fingerprint density at radius 3 is 2.73 bits per heavy atom. The fraction of sp³-hybridized carbons (Fsp3) is 0.346. The van der Waals surface area contributed by atoms with Gasteiger partial charge in [-0.15, -0.1) is 0 Å². The molecule has 3 N–H and O–H groups in total. The standard InChI is InChI=1S/C26H27N11O3/c1-2-34-7-9-35(10-8-34)23(39)15-3-6-20-18(11-15)27-14-36(20)24-31-21-16(12-19-22(38)32-26(40)30-19)13-28-37(21)25(33-24)29-17-4-5-17/h3,6,11-14,17,38H,2,4-5,7-10H2,1H3,(H2,30,32,40)/b16-12-,29-25?. The minimum atomic E-state index is -0.522. The Morgan fingerprint density at radius 2 is 2.00 bits per heavy atom. The van der Waals surface area contributed by atoms with Gasteiger partial charge in [0.05, 0.1) is 23.3 Å². The quantitative estimate of drug-likeness (QED) is 0.270. The maximum absolute atomic E-state index is 13.2. The Bertz CT molecular complexity index is 1940. The molecule has 40 heavy (non-hydrogen) atoms. The van der Waals surface area contributed by atoms with E-state index in [9.17, 15) is 14.7 Å². The number of nitrogens with one attached hydrogen (secondary N) is 2. The molecule has 2 aliphatic rings. The fourth-order valence-corrected chi connectivity index (χ4v) is 4.93. The van der Waals surface area contributed by atoms with E-state index < -0.39 is 5.69 Å². The molecule has 1 amide bonds. The lowest BCUT2D eigenvalue weighted by atomic mass is 10.1. The lowest BCUT2D eigenvalue weighted by Gasteiger charge is -2.34. The number of aromatic hydroxyl groups is 1. The molecule has 5 heterocycles. The number of amides is 1. The number of benzene rings is 1. The van der Waals surface area contributed by atoms with Gasteiger partial charge in [-0.2, -0.15) is 19.6 Å². The highest BCUT2D eigenvalue weighted by molar-refractivity contribution is 5.97. The van der Waals surface area contributed by atoms with Crippen molar-refractivity contribution < 1.29 is 9.90 Å². The molecule has 0 radical (unpaired) electrons. The van der Waals surface area contributed by atoms with E-state index in [1.807, 2.05) is 17.0 Å². The van der Waals surface area contributed by atoms with Crippen LogP contribution in [-0.4, -0.2) is 98.7 Å². The van der Waals surface area contributed by atoms with E-state index in [-0.39, 0.29) is 23.5 Å². The normalized spacial score (nSPS) is 17.5. The van der Waals surface area contributed by atoms with E-state index in [0.29, 0.717) is 46.6 Å². The third kappa shape index (κ3) is 4.31. The smallest absolute Gasteiger partial charge is 0.326 e. The molecule has 1 aliphatic carbocycles. The number of nitrogens with zero attached hydrogens (tertiary/aromatic N) is 9. The van der Waals surface area contributed by atoms with E-state index in [2.05, 4.69) is 31.9 Å². The van der Waals surface area contributed by atoms with Crippen molar-refractivity contribution in [2.75, 3.05) is 32.7 Å². The molecule has 0 atom stereocenters. The lowest BCUT2D eigenvalue weighted by molar-refractivity contribution is 0.0643. The summed E-state index contributed by atoms with van der Waals surface area (Å²) in [5.41, 5.74) is 2.52. The van der Waals surface area contributed by atoms with E-state index in [0.717, 1.165) is 38.0 Å². The summed E-state index contributed by atoms with van der Waals surface area (Å²) in [7, 11) is 0. The van der Waals surface area contributed by atoms with Crippen LogP contribution in [0.15, 0.2) is 40.5 Å². The number of fused-ring (bicyclic) bond motifs is 2. The van der Waals surface area contributed by atoms with Crippen LogP contribution in [0.25, 0.3) is 28.7 Å². The van der Waals surface area contributed by atoms with Crippen molar-refractivity contribution in [1.82, 2.24) is 48.9 Å². The molecule has 14 heteroatoms. The van der Waals surface area contributed by atoms with Gasteiger partial charge in [-0.25, -0.2) is 14.8 Å². The topological polar surface area (TPSA) is 166 Å². The van der Waals surface area contributed by atoms with Gasteiger partial charge in [0.2, 0.25) is 11.8 Å². The van der Waals surface area contributed by atoms with E-state index in [1.54, 1.807) is 33.7 Å². The van der Waals surface area contributed by atoms with E-state index >= 15 is 0 Å². The molecule has 1 aromatic carbocycles. The Morgan fingerprint density at radius 1 is 1.18 bits per heavy atom. The van der Waals surface area contributed by atoms with Crippen LogP contribution in [0.2, 0.25) is 0 Å². The number of carbonyl (C=O) groups is 1. The summed E-state index contributed by atoms with van der Waals surface area (Å²) < 4.78 is 3.30. The third-order valence-corrected chi connectivity index (χ3v) is 7.36. The lowest BCUT2D eigenvalue weighted by Crippen LogP contribution is -2.48. The first-order chi connectivity index (χ1) is 19.5. The van der Waals surface area contributed by atoms with Gasteiger partial charge in [-0.05, 0) is 43.7 Å². The second-order valence-corrected chi connectivity index (χ2v) is 10.0. The summed E-state index contributed by atoms with van der Waals surface area (Å²) in [4.78, 5) is 52.6. The molecule has 204 valence electrons. The molecular weight excluding hydrogens is 514 g/mol. The van der Waals surface area contributed by atoms with Crippen molar-refractivity contribution in [2.24, 2.45) is 4.99 Å². The number of piperazine rings is 1. The highest BCUT2D eigenvalue weighted by atomic mass is 16.3. The average Bonchev–Trinajstić information content (AvgIpc) is 3.39. The van der Waals surface area contributed by atoms with Crippen molar-refractivity contribution in [1.29, 1.82) is 0 Å². The van der Waals surface area contributed by atoms with Crippen LogP contribution in [0.4, 0.5) is 0 Å². The zero-order chi connectivity index (χ0) is 27.4. The maximum atomic E-state index is 13.2. The molecule has 2 fully saturated rings. The first kappa shape index (κ1) is 24.2. The van der Waals surface area contributed by atoms with Gasteiger partial charge in [0.25, 0.3) is 11.5 Å². The fourth-order valence-electron chi connectivity index (χ4n) is 4.93. The number of imidazole rings is 2. The van der Waals surface area contributed by atoms with Crippen LogP contribution in [0.3, 0.4) is 0 Å². The van der Waals surface area contributed by atoms with Crippen molar-refractivity contribution in [3.63, 3.8) is 0 Å². The molecule has 7 rings (SSSR count). The summed E-state index contributed by atoms with van der Waals surface area (Å²) in [5.74, 6) is 0.0618. The van der Waals surface area contributed by atoms with Gasteiger partial charge < -0.3 is 19.9 Å². The molecule has 14 nitrogen and oxygen atoms in total. The van der Waals surface area contributed by atoms with Crippen LogP contribution in [-0.2, 0) is 0 Å². The zero-order valence-corrected chi connectivity index (χ0v) is 21.8. The molecule has 0 spiro atoms. The highest BCUT2D eigenvalue weighted by Gasteiger charge is 2.23. The summed E-state index contributed by atoms with van der Waals surface area (Å²) in [6, 6.07) is 5.65. The molecule has 4 aromatic heterocycles. The van der Waals surface area contributed by atoms with Crippen molar-refractivity contribution in [3.8, 4) is 11.8 Å². The van der Waals surface area contributed by atoms with Gasteiger partial charge in [0, 0.05) is 37.0 Å². The predicted molar refractivity (Wildman–Crippen MR) is 144 cm³/mol. The summed E-state index contributed by atoms with van der Waals surface area (Å²) in [6.07, 6.45) is 6.75. The first-order valence-electron chi connectivity index (χ1n) is 13.3. The molecular formula is C26H27N11O3. The van der Waals surface area contributed by atoms with Crippen LogP contribution >= 0.6 is 0 Å². The number of aromatic nitrogens is 8. The maximum Gasteiger partial charge on any atom is 0.326 e. The monoisotopic (exact) mass is 541 g/mol. The Kier molecular flexibility index (Phi) is 5.70. The van der Waals surface area contributed by atoms with Gasteiger partial charge in [0.1, 0.15) is 12.0 Å². The summed E-state index contributed by atoms with van der Waals surface area (Å²) in [5, 5.41) is 15.0. The zero-order valence-electron chi connectivity index (χ0n) is 21.8. The number of carbonyl (C=O) groups excluding carboxylic acids is 1. The minimum Gasteiger partial charge on any atom is -0.493 e. The molecule has 0 unspecified atom stereocenters. The Labute approximate surface area is 226 Å². The molecule has 1 saturated heterocycles. The SMILES string of the molecule is CCN1CCN(C(=O)c2ccc3c(c2)ncn3-c2nc(=NC3CC3)n3nc/c(=C/c4[nH]c(=O)[nH]c4O)c3n2)CC1. The van der Waals surface area contributed by atoms with Crippen LogP contribution in [0.5, 0.6) is 5.88 Å². The Hall–Kier alpha value is -4.85. The summed E-state index contributed by atoms with van der Waals surface area (Å²) in [6.45, 7) is 6.29.